The second-order valence-corrected chi connectivity index (χ2v) is 4.00. The summed E-state index contributed by atoms with van der Waals surface area (Å²) in [6, 6.07) is 3.16. The summed E-state index contributed by atoms with van der Waals surface area (Å²) in [6.07, 6.45) is -1.08. The number of carbonyl (C=O) groups is 1. The predicted octanol–water partition coefficient (Wildman–Crippen LogP) is 2.67. The lowest BCUT2D eigenvalue weighted by molar-refractivity contribution is -0.140. The van der Waals surface area contributed by atoms with Crippen LogP contribution in [0, 0.1) is 0 Å². The highest BCUT2D eigenvalue weighted by Crippen LogP contribution is 2.28. The molecule has 16 heavy (non-hydrogen) atoms. The molecule has 0 N–H and O–H groups in total. The molecule has 0 saturated carbocycles. The third-order valence-corrected chi connectivity index (χ3v) is 2.86. The predicted molar refractivity (Wildman–Crippen MR) is 56.6 cm³/mol. The van der Waals surface area contributed by atoms with Gasteiger partial charge in [0.05, 0.1) is 13.5 Å². The first-order chi connectivity index (χ1) is 7.65. The number of aromatic nitrogens is 1. The quantitative estimate of drug-likeness (QED) is 0.592. The van der Waals surface area contributed by atoms with E-state index in [1.54, 1.807) is 12.1 Å². The maximum atomic E-state index is 12.5. The van der Waals surface area contributed by atoms with Crippen LogP contribution in [0.25, 0.3) is 0 Å². The van der Waals surface area contributed by atoms with Crippen molar-refractivity contribution in [2.75, 3.05) is 12.9 Å². The van der Waals surface area contributed by atoms with E-state index >= 15 is 0 Å². The number of pyridine rings is 1. The lowest BCUT2D eigenvalue weighted by atomic mass is 10.4. The van der Waals surface area contributed by atoms with Crippen molar-refractivity contribution < 1.29 is 18.3 Å². The van der Waals surface area contributed by atoms with Gasteiger partial charge in [0.25, 0.3) is 6.43 Å². The van der Waals surface area contributed by atoms with Gasteiger partial charge in [0.15, 0.2) is 0 Å². The highest BCUT2D eigenvalue weighted by atomic mass is 32.2. The Bertz CT molecular complexity index is 360. The summed E-state index contributed by atoms with van der Waals surface area (Å²) >= 11 is 1.18. The average Bonchev–Trinajstić information content (AvgIpc) is 2.29. The van der Waals surface area contributed by atoms with Crippen molar-refractivity contribution in [3.05, 3.63) is 24.0 Å². The largest absolute Gasteiger partial charge is 0.469 e. The number of hydrogen-bond donors (Lipinski definition) is 0. The number of halogens is 2. The van der Waals surface area contributed by atoms with E-state index in [2.05, 4.69) is 9.72 Å². The van der Waals surface area contributed by atoms with Crippen molar-refractivity contribution in [1.29, 1.82) is 0 Å². The van der Waals surface area contributed by atoms with Crippen molar-refractivity contribution in [3.63, 3.8) is 0 Å². The van der Waals surface area contributed by atoms with E-state index in [1.165, 1.54) is 25.1 Å². The maximum absolute atomic E-state index is 12.5. The Morgan fingerprint density at radius 1 is 1.62 bits per heavy atom. The molecule has 0 saturated heterocycles. The van der Waals surface area contributed by atoms with Crippen LogP contribution in [0.15, 0.2) is 23.2 Å². The second-order valence-electron chi connectivity index (χ2n) is 2.86. The molecular weight excluding hydrogens is 236 g/mol. The topological polar surface area (TPSA) is 39.2 Å². The van der Waals surface area contributed by atoms with Gasteiger partial charge in [-0.25, -0.2) is 8.78 Å². The molecule has 0 atom stereocenters. The van der Waals surface area contributed by atoms with Crippen molar-refractivity contribution in [1.82, 2.24) is 4.98 Å². The third-order valence-electron chi connectivity index (χ3n) is 1.80. The number of esters is 1. The minimum absolute atomic E-state index is 0.193. The second kappa shape index (κ2) is 6.42. The molecule has 0 aliphatic carbocycles. The summed E-state index contributed by atoms with van der Waals surface area (Å²) in [5.74, 6) is 0.0490. The number of nitrogens with zero attached hydrogens (tertiary/aromatic N) is 1. The van der Waals surface area contributed by atoms with Gasteiger partial charge in [0.2, 0.25) is 0 Å². The number of hydrogen-bond acceptors (Lipinski definition) is 4. The number of ether oxygens (including phenoxy) is 1. The van der Waals surface area contributed by atoms with Gasteiger partial charge >= 0.3 is 5.97 Å². The van der Waals surface area contributed by atoms with Crippen LogP contribution in [0.2, 0.25) is 0 Å². The first-order valence-electron chi connectivity index (χ1n) is 4.58. The monoisotopic (exact) mass is 247 g/mol. The lowest BCUT2D eigenvalue weighted by Crippen LogP contribution is -2.01. The van der Waals surface area contributed by atoms with Gasteiger partial charge in [-0.3, -0.25) is 9.78 Å². The van der Waals surface area contributed by atoms with E-state index in [-0.39, 0.29) is 18.1 Å². The molecule has 1 rings (SSSR count). The van der Waals surface area contributed by atoms with E-state index < -0.39 is 6.43 Å². The molecule has 0 aliphatic rings. The zero-order chi connectivity index (χ0) is 12.0. The summed E-state index contributed by atoms with van der Waals surface area (Å²) in [4.78, 5) is 14.8. The van der Waals surface area contributed by atoms with Gasteiger partial charge < -0.3 is 4.74 Å². The van der Waals surface area contributed by atoms with Crippen LogP contribution in [-0.4, -0.2) is 23.8 Å². The first kappa shape index (κ1) is 12.9. The smallest absolute Gasteiger partial charge is 0.306 e. The van der Waals surface area contributed by atoms with Crippen LogP contribution < -0.4 is 0 Å². The molecule has 1 aromatic heterocycles. The Hall–Kier alpha value is -1.17. The maximum Gasteiger partial charge on any atom is 0.306 e. The fourth-order valence-corrected chi connectivity index (χ4v) is 1.99. The van der Waals surface area contributed by atoms with Gasteiger partial charge in [-0.2, -0.15) is 0 Å². The number of carbonyl (C=O) groups excluding carboxylic acids is 1. The van der Waals surface area contributed by atoms with Gasteiger partial charge in [0, 0.05) is 16.8 Å². The molecule has 0 fully saturated rings. The third kappa shape index (κ3) is 3.77. The fraction of sp³-hybridized carbons (Fsp3) is 0.400. The molecule has 0 radical (unpaired) electrons. The Kier molecular flexibility index (Phi) is 5.18. The van der Waals surface area contributed by atoms with Crippen molar-refractivity contribution in [2.45, 2.75) is 17.7 Å². The van der Waals surface area contributed by atoms with Crippen LogP contribution in [0.1, 0.15) is 18.5 Å². The van der Waals surface area contributed by atoms with Gasteiger partial charge in [0.1, 0.15) is 5.69 Å². The lowest BCUT2D eigenvalue weighted by Gasteiger charge is -2.06. The molecule has 0 amide bonds. The van der Waals surface area contributed by atoms with Crippen molar-refractivity contribution in [3.8, 4) is 0 Å². The van der Waals surface area contributed by atoms with E-state index in [0.29, 0.717) is 10.6 Å². The van der Waals surface area contributed by atoms with E-state index in [9.17, 15) is 13.6 Å². The SMILES string of the molecule is COC(=O)CCSc1cccnc1C(F)F. The van der Waals surface area contributed by atoms with E-state index in [0.717, 1.165) is 0 Å². The average molecular weight is 247 g/mol. The summed E-state index contributed by atoms with van der Waals surface area (Å²) < 4.78 is 29.5. The van der Waals surface area contributed by atoms with E-state index in [4.69, 9.17) is 0 Å². The van der Waals surface area contributed by atoms with Crippen LogP contribution in [0.5, 0.6) is 0 Å². The molecule has 88 valence electrons. The first-order valence-corrected chi connectivity index (χ1v) is 5.56. The van der Waals surface area contributed by atoms with E-state index in [1.807, 2.05) is 0 Å². The van der Waals surface area contributed by atoms with Crippen LogP contribution in [0.3, 0.4) is 0 Å². The normalized spacial score (nSPS) is 10.5. The minimum Gasteiger partial charge on any atom is -0.469 e. The number of thioether (sulfide) groups is 1. The Labute approximate surface area is 96.2 Å². The Morgan fingerprint density at radius 2 is 2.38 bits per heavy atom. The molecule has 0 spiro atoms. The summed E-state index contributed by atoms with van der Waals surface area (Å²) in [5.41, 5.74) is -0.239. The zero-order valence-electron chi connectivity index (χ0n) is 8.65. The summed E-state index contributed by atoms with van der Waals surface area (Å²) in [7, 11) is 1.29. The molecule has 0 unspecified atom stereocenters. The van der Waals surface area contributed by atoms with Crippen LogP contribution >= 0.6 is 11.8 Å². The number of alkyl halides is 2. The Morgan fingerprint density at radius 3 is 3.00 bits per heavy atom. The zero-order valence-corrected chi connectivity index (χ0v) is 9.47. The van der Waals surface area contributed by atoms with Crippen molar-refractivity contribution in [2.24, 2.45) is 0 Å². The standard InChI is InChI=1S/C10H11F2NO2S/c1-15-8(14)4-6-16-7-3-2-5-13-9(7)10(11)12/h2-3,5,10H,4,6H2,1H3. The highest BCUT2D eigenvalue weighted by Gasteiger charge is 2.14. The molecule has 0 aliphatic heterocycles. The summed E-state index contributed by atoms with van der Waals surface area (Å²) in [5, 5.41) is 0. The molecule has 3 nitrogen and oxygen atoms in total. The molecule has 0 aromatic carbocycles. The van der Waals surface area contributed by atoms with Gasteiger partial charge in [-0.1, -0.05) is 0 Å². The van der Waals surface area contributed by atoms with Gasteiger partial charge in [-0.05, 0) is 12.1 Å². The van der Waals surface area contributed by atoms with Crippen LogP contribution in [-0.2, 0) is 9.53 Å². The van der Waals surface area contributed by atoms with Crippen LogP contribution in [0.4, 0.5) is 8.78 Å². The summed E-state index contributed by atoms with van der Waals surface area (Å²) in [6.45, 7) is 0. The van der Waals surface area contributed by atoms with Crippen molar-refractivity contribution >= 4 is 17.7 Å². The molecule has 6 heteroatoms. The highest BCUT2D eigenvalue weighted by molar-refractivity contribution is 7.99. The minimum atomic E-state index is -2.60. The number of rotatable bonds is 5. The molecular formula is C10H11F2NO2S. The molecule has 1 heterocycles. The molecule has 1 aromatic rings. The Balaban J connectivity index is 2.56. The van der Waals surface area contributed by atoms with Gasteiger partial charge in [-0.15, -0.1) is 11.8 Å². The number of methoxy groups -OCH3 is 1. The fourth-order valence-electron chi connectivity index (χ4n) is 1.04. The molecule has 0 bridgehead atoms.